The van der Waals surface area contributed by atoms with E-state index in [1.54, 1.807) is 21.1 Å². The minimum Gasteiger partial charge on any atom is -0.544 e. The molecule has 0 aromatic carbocycles. The van der Waals surface area contributed by atoms with E-state index >= 15 is 0 Å². The molecule has 0 heterocycles. The van der Waals surface area contributed by atoms with E-state index in [0.29, 0.717) is 12.8 Å². The van der Waals surface area contributed by atoms with Gasteiger partial charge >= 0.3 is 11.9 Å². The van der Waals surface area contributed by atoms with Gasteiger partial charge < -0.3 is 28.6 Å². The van der Waals surface area contributed by atoms with Gasteiger partial charge in [0.05, 0.1) is 40.3 Å². The molecule has 0 amide bonds. The summed E-state index contributed by atoms with van der Waals surface area (Å²) in [4.78, 5) is 36.6. The Hall–Kier alpha value is -3.75. The molecule has 0 radical (unpaired) electrons. The summed E-state index contributed by atoms with van der Waals surface area (Å²) in [6.07, 6.45) is 41.6. The first kappa shape index (κ1) is 46.2. The second-order valence-electron chi connectivity index (χ2n) is 12.8. The van der Waals surface area contributed by atoms with Crippen LogP contribution < -0.4 is 5.11 Å². The number of aliphatic carboxylic acids is 1. The third-order valence-electron chi connectivity index (χ3n) is 7.34. The fraction of sp³-hybridized carbons (Fsp3) is 0.548. The molecule has 0 spiro atoms. The number of nitrogens with zero attached hydrogens (tertiary/aromatic N) is 1. The van der Waals surface area contributed by atoms with Crippen molar-refractivity contribution in [2.24, 2.45) is 0 Å². The van der Waals surface area contributed by atoms with Gasteiger partial charge in [-0.05, 0) is 57.8 Å². The van der Waals surface area contributed by atoms with E-state index in [2.05, 4.69) is 62.5 Å². The van der Waals surface area contributed by atoms with Crippen molar-refractivity contribution in [3.63, 3.8) is 0 Å². The van der Waals surface area contributed by atoms with Gasteiger partial charge in [0.1, 0.15) is 12.6 Å². The molecule has 0 aromatic heterocycles. The highest BCUT2D eigenvalue weighted by Crippen LogP contribution is 2.10. The molecule has 0 saturated heterocycles. The number of hydrogen-bond donors (Lipinski definition) is 0. The van der Waals surface area contributed by atoms with Gasteiger partial charge in [-0.3, -0.25) is 9.59 Å². The molecular formula is C42H65NO7. The molecule has 0 aliphatic heterocycles. The monoisotopic (exact) mass is 695 g/mol. The third-order valence-corrected chi connectivity index (χ3v) is 7.34. The summed E-state index contributed by atoms with van der Waals surface area (Å²) in [7, 11) is 5.34. The summed E-state index contributed by atoms with van der Waals surface area (Å²) in [6.45, 7) is 4.24. The first-order valence-electron chi connectivity index (χ1n) is 18.3. The fourth-order valence-electron chi connectivity index (χ4n) is 4.52. The highest BCUT2D eigenvalue weighted by Gasteiger charge is 2.25. The van der Waals surface area contributed by atoms with Crippen LogP contribution in [0.5, 0.6) is 0 Å². The summed E-state index contributed by atoms with van der Waals surface area (Å²) in [5.74, 6) is -1.88. The van der Waals surface area contributed by atoms with Crippen LogP contribution >= 0.6 is 0 Å². The van der Waals surface area contributed by atoms with E-state index in [4.69, 9.17) is 14.2 Å². The van der Waals surface area contributed by atoms with Crippen LogP contribution in [-0.4, -0.2) is 75.5 Å². The van der Waals surface area contributed by atoms with E-state index in [9.17, 15) is 19.5 Å². The summed E-state index contributed by atoms with van der Waals surface area (Å²) in [6, 6.07) is -0.745. The highest BCUT2D eigenvalue weighted by molar-refractivity contribution is 5.70. The smallest absolute Gasteiger partial charge is 0.306 e. The zero-order valence-corrected chi connectivity index (χ0v) is 31.5. The van der Waals surface area contributed by atoms with Crippen LogP contribution in [0, 0.1) is 0 Å². The van der Waals surface area contributed by atoms with Gasteiger partial charge in [-0.15, -0.1) is 0 Å². The fourth-order valence-corrected chi connectivity index (χ4v) is 4.52. The molecule has 280 valence electrons. The predicted molar refractivity (Wildman–Crippen MR) is 203 cm³/mol. The van der Waals surface area contributed by atoms with Crippen LogP contribution in [0.25, 0.3) is 0 Å². The van der Waals surface area contributed by atoms with Gasteiger partial charge in [0.2, 0.25) is 0 Å². The lowest BCUT2D eigenvalue weighted by atomic mass is 10.1. The average Bonchev–Trinajstić information content (AvgIpc) is 3.06. The number of quaternary nitrogens is 1. The van der Waals surface area contributed by atoms with Crippen LogP contribution in [-0.2, 0) is 28.6 Å². The van der Waals surface area contributed by atoms with Crippen LogP contribution in [0.2, 0.25) is 0 Å². The Bertz CT molecular complexity index is 1140. The topological polar surface area (TPSA) is 102 Å². The molecule has 0 N–H and O–H groups in total. The number of carboxylic acids is 1. The van der Waals surface area contributed by atoms with Crippen molar-refractivity contribution in [1.29, 1.82) is 0 Å². The number of rotatable bonds is 30. The second-order valence-corrected chi connectivity index (χ2v) is 12.8. The SMILES string of the molecule is CC/C=C/C=C/C=C/C=C/C=C/CCCCCC(=O)OCC(COCCC(C(=O)[O-])[N+](C)(C)C)OC(=O)CCC/C=C/C/C=C/C/C=C/CC. The van der Waals surface area contributed by atoms with Gasteiger partial charge in [-0.25, -0.2) is 0 Å². The molecule has 2 unspecified atom stereocenters. The Labute approximate surface area is 303 Å². The predicted octanol–water partition coefficient (Wildman–Crippen LogP) is 7.84. The minimum atomic E-state index is -1.15. The second kappa shape index (κ2) is 32.5. The number of esters is 2. The Morgan fingerprint density at radius 3 is 1.80 bits per heavy atom. The molecule has 0 aliphatic rings. The van der Waals surface area contributed by atoms with Gasteiger partial charge in [-0.1, -0.05) is 117 Å². The number of carboxylic acid groups (broad SMARTS) is 1. The lowest BCUT2D eigenvalue weighted by Gasteiger charge is -2.34. The first-order chi connectivity index (χ1) is 24.1. The highest BCUT2D eigenvalue weighted by atomic mass is 16.6. The van der Waals surface area contributed by atoms with Crippen molar-refractivity contribution in [1.82, 2.24) is 0 Å². The van der Waals surface area contributed by atoms with E-state index in [0.717, 1.165) is 51.4 Å². The molecule has 0 fully saturated rings. The molecule has 0 bridgehead atoms. The molecular weight excluding hydrogens is 630 g/mol. The zero-order chi connectivity index (χ0) is 37.1. The summed E-state index contributed by atoms with van der Waals surface area (Å²) >= 11 is 0. The molecule has 0 rings (SSSR count). The van der Waals surface area contributed by atoms with Crippen molar-refractivity contribution < 1.29 is 38.2 Å². The van der Waals surface area contributed by atoms with Crippen LogP contribution in [0.15, 0.2) is 97.2 Å². The first-order valence-corrected chi connectivity index (χ1v) is 18.3. The summed E-state index contributed by atoms with van der Waals surface area (Å²) in [5.41, 5.74) is 0. The summed E-state index contributed by atoms with van der Waals surface area (Å²) < 4.78 is 16.9. The molecule has 0 aliphatic carbocycles. The largest absolute Gasteiger partial charge is 0.544 e. The maximum Gasteiger partial charge on any atom is 0.306 e. The van der Waals surface area contributed by atoms with Gasteiger partial charge in [-0.2, -0.15) is 0 Å². The number of hydrogen-bond acceptors (Lipinski definition) is 7. The number of carbonyl (C=O) groups is 3. The number of unbranched alkanes of at least 4 members (excludes halogenated alkanes) is 4. The van der Waals surface area contributed by atoms with Crippen molar-refractivity contribution in [3.8, 4) is 0 Å². The Morgan fingerprint density at radius 1 is 0.620 bits per heavy atom. The molecule has 0 aromatic rings. The van der Waals surface area contributed by atoms with Crippen LogP contribution in [0.3, 0.4) is 0 Å². The van der Waals surface area contributed by atoms with Crippen molar-refractivity contribution >= 4 is 17.9 Å². The lowest BCUT2D eigenvalue weighted by molar-refractivity contribution is -0.889. The number of ether oxygens (including phenoxy) is 3. The normalized spacial score (nSPS) is 14.2. The van der Waals surface area contributed by atoms with E-state index in [-0.39, 0.29) is 55.5 Å². The maximum atomic E-state index is 12.6. The van der Waals surface area contributed by atoms with Crippen LogP contribution in [0.4, 0.5) is 0 Å². The quantitative estimate of drug-likeness (QED) is 0.0248. The third kappa shape index (κ3) is 30.3. The van der Waals surface area contributed by atoms with Gasteiger partial charge in [0.15, 0.2) is 6.10 Å². The van der Waals surface area contributed by atoms with E-state index in [1.807, 2.05) is 48.6 Å². The molecule has 8 heteroatoms. The zero-order valence-electron chi connectivity index (χ0n) is 31.5. The number of likely N-dealkylation sites (N-methyl/N-ethyl adjacent to an activating group) is 1. The number of allylic oxidation sites excluding steroid dienone is 16. The standard InChI is InChI=1S/C42H65NO7/c1-6-8-10-12-14-16-18-19-20-21-23-24-26-28-30-32-40(44)49-37-38(36-48-35-34-39(42(46)47)43(3,4)5)50-41(45)33-31-29-27-25-22-17-15-13-11-9-7-2/h8-12,14-21,23,25,27,38-39H,6-7,13,22,24,26,28-37H2,1-5H3/b10-8+,11-9+,14-12+,17-15+,18-16+,20-19+,23-21+,27-25+. The lowest BCUT2D eigenvalue weighted by Crippen LogP contribution is -2.55. The Morgan fingerprint density at radius 2 is 1.18 bits per heavy atom. The molecule has 0 saturated carbocycles. The van der Waals surface area contributed by atoms with Crippen LogP contribution in [0.1, 0.15) is 97.3 Å². The average molecular weight is 696 g/mol. The Balaban J connectivity index is 4.62. The van der Waals surface area contributed by atoms with Crippen molar-refractivity contribution in [3.05, 3.63) is 97.2 Å². The van der Waals surface area contributed by atoms with Crippen molar-refractivity contribution in [2.45, 2.75) is 109 Å². The number of carbonyl (C=O) groups excluding carboxylic acids is 3. The van der Waals surface area contributed by atoms with E-state index in [1.165, 1.54) is 0 Å². The molecule has 8 nitrogen and oxygen atoms in total. The Kier molecular flexibility index (Phi) is 30.0. The van der Waals surface area contributed by atoms with Gasteiger partial charge in [0, 0.05) is 19.3 Å². The molecule has 50 heavy (non-hydrogen) atoms. The summed E-state index contributed by atoms with van der Waals surface area (Å²) in [5, 5.41) is 11.6. The minimum absolute atomic E-state index is 0.000806. The van der Waals surface area contributed by atoms with Crippen molar-refractivity contribution in [2.75, 3.05) is 41.0 Å². The van der Waals surface area contributed by atoms with Gasteiger partial charge in [0.25, 0.3) is 0 Å². The maximum absolute atomic E-state index is 12.6. The molecule has 2 atom stereocenters. The van der Waals surface area contributed by atoms with E-state index < -0.39 is 18.1 Å².